The first-order chi connectivity index (χ1) is 13.3. The molecule has 0 radical (unpaired) electrons. The monoisotopic (exact) mass is 386 g/mol. The van der Waals surface area contributed by atoms with Crippen LogP contribution in [0, 0.1) is 21.8 Å². The van der Waals surface area contributed by atoms with Gasteiger partial charge in [-0.2, -0.15) is 0 Å². The average Bonchev–Trinajstić information content (AvgIpc) is 3.09. The van der Waals surface area contributed by atoms with Crippen LogP contribution in [0.1, 0.15) is 18.1 Å². The summed E-state index contributed by atoms with van der Waals surface area (Å²) in [6.45, 7) is 1.62. The minimum Gasteiger partial charge on any atom is -0.455 e. The first kappa shape index (κ1) is 19.5. The fourth-order valence-electron chi connectivity index (χ4n) is 3.21. The molecule has 1 heterocycles. The smallest absolute Gasteiger partial charge is 0.309 e. The van der Waals surface area contributed by atoms with Crippen molar-refractivity contribution in [1.29, 1.82) is 0 Å². The maximum atomic E-state index is 13.2. The SMILES string of the molecule is CC(Cc1cccc(F)c1)C(=O)OCC(=O)N1CCc2cc([N+](=O)[O-])ccc21. The Kier molecular flexibility index (Phi) is 5.67. The number of nitro groups is 1. The molecule has 2 aromatic rings. The average molecular weight is 386 g/mol. The highest BCUT2D eigenvalue weighted by Gasteiger charge is 2.27. The van der Waals surface area contributed by atoms with E-state index >= 15 is 0 Å². The zero-order valence-corrected chi connectivity index (χ0v) is 15.3. The zero-order valence-electron chi connectivity index (χ0n) is 15.3. The maximum absolute atomic E-state index is 13.2. The first-order valence-electron chi connectivity index (χ1n) is 8.84. The highest BCUT2D eigenvalue weighted by molar-refractivity contribution is 5.97. The summed E-state index contributed by atoms with van der Waals surface area (Å²) in [6.07, 6.45) is 0.813. The second-order valence-electron chi connectivity index (χ2n) is 6.71. The Balaban J connectivity index is 1.56. The number of amides is 1. The van der Waals surface area contributed by atoms with Gasteiger partial charge in [-0.3, -0.25) is 19.7 Å². The summed E-state index contributed by atoms with van der Waals surface area (Å²) in [5, 5.41) is 10.9. The fraction of sp³-hybridized carbons (Fsp3) is 0.300. The van der Waals surface area contributed by atoms with Crippen molar-refractivity contribution >= 4 is 23.3 Å². The van der Waals surface area contributed by atoms with Crippen LogP contribution in [-0.2, 0) is 27.2 Å². The summed E-state index contributed by atoms with van der Waals surface area (Å²) in [7, 11) is 0. The molecule has 0 fully saturated rings. The molecule has 1 amide bonds. The van der Waals surface area contributed by atoms with Crippen molar-refractivity contribution < 1.29 is 23.6 Å². The summed E-state index contributed by atoms with van der Waals surface area (Å²) in [4.78, 5) is 36.4. The van der Waals surface area contributed by atoms with Crippen LogP contribution < -0.4 is 4.90 Å². The second-order valence-corrected chi connectivity index (χ2v) is 6.71. The van der Waals surface area contributed by atoms with Crippen LogP contribution in [0.4, 0.5) is 15.8 Å². The number of carbonyl (C=O) groups is 2. The number of non-ortho nitro benzene ring substituents is 1. The molecule has 0 aliphatic carbocycles. The van der Waals surface area contributed by atoms with Crippen molar-refractivity contribution in [2.45, 2.75) is 19.8 Å². The first-order valence-corrected chi connectivity index (χ1v) is 8.84. The van der Waals surface area contributed by atoms with Gasteiger partial charge in [0.1, 0.15) is 5.82 Å². The van der Waals surface area contributed by atoms with Crippen molar-refractivity contribution in [1.82, 2.24) is 0 Å². The lowest BCUT2D eigenvalue weighted by molar-refractivity contribution is -0.384. The summed E-state index contributed by atoms with van der Waals surface area (Å²) < 4.78 is 18.4. The van der Waals surface area contributed by atoms with E-state index in [-0.39, 0.29) is 17.4 Å². The van der Waals surface area contributed by atoms with E-state index in [0.717, 1.165) is 0 Å². The predicted molar refractivity (Wildman–Crippen MR) is 99.4 cm³/mol. The minimum atomic E-state index is -0.541. The molecule has 2 aromatic carbocycles. The molecule has 1 aliphatic rings. The Morgan fingerprint density at radius 1 is 1.29 bits per heavy atom. The van der Waals surface area contributed by atoms with Crippen molar-refractivity contribution in [2.75, 3.05) is 18.1 Å². The Morgan fingerprint density at radius 2 is 2.07 bits per heavy atom. The molecule has 28 heavy (non-hydrogen) atoms. The maximum Gasteiger partial charge on any atom is 0.309 e. The topological polar surface area (TPSA) is 89.8 Å². The van der Waals surface area contributed by atoms with Crippen molar-refractivity contribution in [3.8, 4) is 0 Å². The van der Waals surface area contributed by atoms with E-state index in [4.69, 9.17) is 4.74 Å². The molecule has 7 nitrogen and oxygen atoms in total. The highest BCUT2D eigenvalue weighted by Crippen LogP contribution is 2.31. The number of hydrogen-bond acceptors (Lipinski definition) is 5. The molecule has 146 valence electrons. The Labute approximate surface area is 160 Å². The van der Waals surface area contributed by atoms with Crippen LogP contribution in [0.25, 0.3) is 0 Å². The Bertz CT molecular complexity index is 931. The standard InChI is InChI=1S/C20H19FN2O5/c1-13(9-14-3-2-4-16(21)10-14)20(25)28-12-19(24)22-8-7-15-11-17(23(26)27)5-6-18(15)22/h2-6,10-11,13H,7-9,12H2,1H3. The van der Waals surface area contributed by atoms with Gasteiger partial charge in [-0.1, -0.05) is 19.1 Å². The van der Waals surface area contributed by atoms with E-state index in [1.165, 1.54) is 35.2 Å². The number of nitro benzene ring substituents is 1. The van der Waals surface area contributed by atoms with Crippen LogP contribution in [0.3, 0.4) is 0 Å². The van der Waals surface area contributed by atoms with Crippen molar-refractivity contribution in [3.63, 3.8) is 0 Å². The van der Waals surface area contributed by atoms with E-state index < -0.39 is 23.4 Å². The van der Waals surface area contributed by atoms with Crippen LogP contribution in [0.5, 0.6) is 0 Å². The minimum absolute atomic E-state index is 0.0225. The molecule has 8 heteroatoms. The Morgan fingerprint density at radius 3 is 2.79 bits per heavy atom. The number of rotatable bonds is 6. The fourth-order valence-corrected chi connectivity index (χ4v) is 3.21. The molecule has 0 aromatic heterocycles. The number of fused-ring (bicyclic) bond motifs is 1. The van der Waals surface area contributed by atoms with Gasteiger partial charge in [-0.05, 0) is 42.2 Å². The number of halogens is 1. The van der Waals surface area contributed by atoms with Gasteiger partial charge in [-0.15, -0.1) is 0 Å². The van der Waals surface area contributed by atoms with Crippen LogP contribution >= 0.6 is 0 Å². The molecule has 0 N–H and O–H groups in total. The zero-order chi connectivity index (χ0) is 20.3. The lowest BCUT2D eigenvalue weighted by Crippen LogP contribution is -2.34. The van der Waals surface area contributed by atoms with E-state index in [2.05, 4.69) is 0 Å². The lowest BCUT2D eigenvalue weighted by Gasteiger charge is -2.18. The number of ether oxygens (including phenoxy) is 1. The molecular formula is C20H19FN2O5. The third kappa shape index (κ3) is 4.33. The van der Waals surface area contributed by atoms with Crippen LogP contribution in [0.2, 0.25) is 0 Å². The molecular weight excluding hydrogens is 367 g/mol. The molecule has 0 saturated carbocycles. The van der Waals surface area contributed by atoms with Gasteiger partial charge < -0.3 is 9.64 Å². The van der Waals surface area contributed by atoms with Gasteiger partial charge in [0, 0.05) is 24.4 Å². The van der Waals surface area contributed by atoms with Crippen LogP contribution in [0.15, 0.2) is 42.5 Å². The third-order valence-corrected chi connectivity index (χ3v) is 4.64. The van der Waals surface area contributed by atoms with Gasteiger partial charge in [-0.25, -0.2) is 4.39 Å². The second kappa shape index (κ2) is 8.16. The summed E-state index contributed by atoms with van der Waals surface area (Å²) in [5.74, 6) is -1.83. The Hall–Kier alpha value is -3.29. The lowest BCUT2D eigenvalue weighted by atomic mass is 10.0. The van der Waals surface area contributed by atoms with E-state index in [9.17, 15) is 24.1 Å². The molecule has 1 atom stereocenters. The number of nitrogens with zero attached hydrogens (tertiary/aromatic N) is 2. The quantitative estimate of drug-likeness (QED) is 0.432. The molecule has 3 rings (SSSR count). The van der Waals surface area contributed by atoms with Crippen molar-refractivity contribution in [2.24, 2.45) is 5.92 Å². The number of esters is 1. The summed E-state index contributed by atoms with van der Waals surface area (Å²) >= 11 is 0. The molecule has 0 bridgehead atoms. The molecule has 1 unspecified atom stereocenters. The largest absolute Gasteiger partial charge is 0.455 e. The summed E-state index contributed by atoms with van der Waals surface area (Å²) in [5.41, 5.74) is 1.96. The van der Waals surface area contributed by atoms with Gasteiger partial charge in [0.2, 0.25) is 0 Å². The van der Waals surface area contributed by atoms with Gasteiger partial charge in [0.15, 0.2) is 6.61 Å². The normalized spacial score (nSPS) is 13.7. The number of carbonyl (C=O) groups excluding carboxylic acids is 2. The van der Waals surface area contributed by atoms with Crippen LogP contribution in [-0.4, -0.2) is 30.0 Å². The number of hydrogen-bond donors (Lipinski definition) is 0. The van der Waals surface area contributed by atoms with E-state index in [0.29, 0.717) is 36.2 Å². The molecule has 0 spiro atoms. The molecule has 0 saturated heterocycles. The highest BCUT2D eigenvalue weighted by atomic mass is 19.1. The van der Waals surface area contributed by atoms with E-state index in [1.807, 2.05) is 0 Å². The van der Waals surface area contributed by atoms with Gasteiger partial charge >= 0.3 is 5.97 Å². The number of anilines is 1. The molecule has 1 aliphatic heterocycles. The predicted octanol–water partition coefficient (Wildman–Crippen LogP) is 3.05. The number of benzene rings is 2. The summed E-state index contributed by atoms with van der Waals surface area (Å²) in [6, 6.07) is 10.3. The van der Waals surface area contributed by atoms with Gasteiger partial charge in [0.25, 0.3) is 11.6 Å². The third-order valence-electron chi connectivity index (χ3n) is 4.64. The van der Waals surface area contributed by atoms with Crippen molar-refractivity contribution in [3.05, 3.63) is 69.5 Å². The van der Waals surface area contributed by atoms with Gasteiger partial charge in [0.05, 0.1) is 10.8 Å². The van der Waals surface area contributed by atoms with E-state index in [1.54, 1.807) is 19.1 Å².